The molecule has 1 aromatic heterocycles. The number of alkyl halides is 2. The number of benzene rings is 2. The second kappa shape index (κ2) is 9.52. The summed E-state index contributed by atoms with van der Waals surface area (Å²) in [4.78, 5) is 8.61. The van der Waals surface area contributed by atoms with Crippen molar-refractivity contribution in [1.82, 2.24) is 9.97 Å². The Bertz CT molecular complexity index is 946. The maximum absolute atomic E-state index is 13.4. The minimum absolute atomic E-state index is 0.0326. The van der Waals surface area contributed by atoms with E-state index in [1.165, 1.54) is 18.5 Å². The number of ether oxygens (including phenoxy) is 2. The van der Waals surface area contributed by atoms with Crippen LogP contribution in [0.4, 0.5) is 15.9 Å². The summed E-state index contributed by atoms with van der Waals surface area (Å²) in [5, 5.41) is 5.31. The maximum atomic E-state index is 13.4. The predicted molar refractivity (Wildman–Crippen MR) is 113 cm³/mol. The molecule has 0 amide bonds. The van der Waals surface area contributed by atoms with Crippen LogP contribution in [0.2, 0.25) is 5.02 Å². The number of hydrogen-bond donors (Lipinski definition) is 1. The molecule has 2 aromatic carbocycles. The van der Waals surface area contributed by atoms with Gasteiger partial charge in [-0.1, -0.05) is 43.5 Å². The topological polar surface area (TPSA) is 56.3 Å². The number of anilines is 2. The van der Waals surface area contributed by atoms with Gasteiger partial charge in [-0.2, -0.15) is 0 Å². The third-order valence-corrected chi connectivity index (χ3v) is 4.49. The van der Waals surface area contributed by atoms with Gasteiger partial charge in [0.15, 0.2) is 11.5 Å². The second-order valence-corrected chi connectivity index (χ2v) is 7.36. The Kier molecular flexibility index (Phi) is 7.09. The zero-order valence-electron chi connectivity index (χ0n) is 14.0. The van der Waals surface area contributed by atoms with Crippen LogP contribution in [-0.4, -0.2) is 33.8 Å². The fourth-order valence-electron chi connectivity index (χ4n) is 2.40. The molecule has 27 heavy (non-hydrogen) atoms. The fraction of sp³-hybridized carbons (Fsp3) is 0.222. The Morgan fingerprint density at radius 1 is 1.00 bits per heavy atom. The molecule has 0 unspecified atom stereocenters. The van der Waals surface area contributed by atoms with Crippen LogP contribution in [-0.2, 0) is 0 Å². The highest BCUT2D eigenvalue weighted by molar-refractivity contribution is 9.09. The van der Waals surface area contributed by atoms with Gasteiger partial charge in [0.25, 0.3) is 0 Å². The summed E-state index contributed by atoms with van der Waals surface area (Å²) in [6.07, 6.45) is 1.45. The van der Waals surface area contributed by atoms with E-state index >= 15 is 0 Å². The number of nitrogens with zero attached hydrogens (tertiary/aromatic N) is 2. The van der Waals surface area contributed by atoms with E-state index in [0.717, 1.165) is 5.39 Å². The minimum atomic E-state index is -0.478. The van der Waals surface area contributed by atoms with Crippen molar-refractivity contribution in [3.05, 3.63) is 47.5 Å². The normalized spacial score (nSPS) is 10.8. The van der Waals surface area contributed by atoms with Gasteiger partial charge in [0.1, 0.15) is 18.0 Å². The Morgan fingerprint density at radius 3 is 2.37 bits per heavy atom. The fourth-order valence-corrected chi connectivity index (χ4v) is 2.90. The van der Waals surface area contributed by atoms with Gasteiger partial charge in [0.05, 0.1) is 23.8 Å². The zero-order valence-corrected chi connectivity index (χ0v) is 17.9. The van der Waals surface area contributed by atoms with Gasteiger partial charge >= 0.3 is 0 Å². The molecule has 0 aliphatic heterocycles. The van der Waals surface area contributed by atoms with E-state index in [2.05, 4.69) is 47.1 Å². The first-order valence-corrected chi connectivity index (χ1v) is 10.6. The van der Waals surface area contributed by atoms with Crippen molar-refractivity contribution in [3.63, 3.8) is 0 Å². The summed E-state index contributed by atoms with van der Waals surface area (Å²) in [5.41, 5.74) is 1.31. The van der Waals surface area contributed by atoms with Crippen molar-refractivity contribution in [2.24, 2.45) is 0 Å². The summed E-state index contributed by atoms with van der Waals surface area (Å²) >= 11 is 12.6. The first-order chi connectivity index (χ1) is 13.1. The summed E-state index contributed by atoms with van der Waals surface area (Å²) in [6, 6.07) is 8.03. The van der Waals surface area contributed by atoms with E-state index in [9.17, 15) is 4.39 Å². The number of aromatic nitrogens is 2. The lowest BCUT2D eigenvalue weighted by Crippen LogP contribution is -2.04. The van der Waals surface area contributed by atoms with E-state index in [4.69, 9.17) is 21.1 Å². The summed E-state index contributed by atoms with van der Waals surface area (Å²) < 4.78 is 24.9. The molecule has 3 aromatic rings. The smallest absolute Gasteiger partial charge is 0.163 e. The van der Waals surface area contributed by atoms with Gasteiger partial charge in [-0.3, -0.25) is 0 Å². The molecule has 5 nitrogen and oxygen atoms in total. The van der Waals surface area contributed by atoms with Crippen LogP contribution < -0.4 is 14.8 Å². The Labute approximate surface area is 177 Å². The molecule has 0 saturated carbocycles. The Morgan fingerprint density at radius 2 is 1.70 bits per heavy atom. The summed E-state index contributed by atoms with van der Waals surface area (Å²) in [6.45, 7) is 0.987. The van der Waals surface area contributed by atoms with E-state index < -0.39 is 5.82 Å². The molecule has 0 fully saturated rings. The van der Waals surface area contributed by atoms with Crippen molar-refractivity contribution in [3.8, 4) is 11.5 Å². The molecule has 0 radical (unpaired) electrons. The van der Waals surface area contributed by atoms with Crippen molar-refractivity contribution in [2.75, 3.05) is 29.2 Å². The van der Waals surface area contributed by atoms with Crippen molar-refractivity contribution in [1.29, 1.82) is 0 Å². The van der Waals surface area contributed by atoms with Crippen molar-refractivity contribution >= 4 is 65.9 Å². The molecule has 142 valence electrons. The lowest BCUT2D eigenvalue weighted by molar-refractivity contribution is 0.292. The van der Waals surface area contributed by atoms with Gasteiger partial charge in [-0.15, -0.1) is 0 Å². The standard InChI is InChI=1S/C18H15Br2ClFN3O2/c19-3-5-26-16-8-12-15(9-17(16)27-6-4-20)23-10-24-18(12)25-11-1-2-14(22)13(21)7-11/h1-2,7-10H,3-6H2,(H,23,24,25). The number of halogens is 4. The van der Waals surface area contributed by atoms with Crippen molar-refractivity contribution < 1.29 is 13.9 Å². The quantitative estimate of drug-likeness (QED) is 0.386. The third kappa shape index (κ3) is 5.00. The van der Waals surface area contributed by atoms with Gasteiger partial charge in [-0.25, -0.2) is 14.4 Å². The van der Waals surface area contributed by atoms with Crippen molar-refractivity contribution in [2.45, 2.75) is 0 Å². The lowest BCUT2D eigenvalue weighted by atomic mass is 10.2. The van der Waals surface area contributed by atoms with E-state index in [1.54, 1.807) is 6.07 Å². The predicted octanol–water partition coefficient (Wildman–Crippen LogP) is 5.71. The van der Waals surface area contributed by atoms with Crippen LogP contribution in [0.3, 0.4) is 0 Å². The Balaban J connectivity index is 2.01. The van der Waals surface area contributed by atoms with Gasteiger partial charge < -0.3 is 14.8 Å². The number of hydrogen-bond acceptors (Lipinski definition) is 5. The van der Waals surface area contributed by atoms with Crippen LogP contribution >= 0.6 is 43.5 Å². The average molecular weight is 520 g/mol. The molecule has 1 heterocycles. The molecule has 0 aliphatic rings. The van der Waals surface area contributed by atoms with Crippen LogP contribution in [0.5, 0.6) is 11.5 Å². The summed E-state index contributed by atoms with van der Waals surface area (Å²) in [7, 11) is 0. The molecule has 0 bridgehead atoms. The molecular weight excluding hydrogens is 504 g/mol. The number of rotatable bonds is 8. The molecule has 3 rings (SSSR count). The van der Waals surface area contributed by atoms with Crippen LogP contribution in [0.15, 0.2) is 36.7 Å². The van der Waals surface area contributed by atoms with Gasteiger partial charge in [-0.05, 0) is 24.3 Å². The number of nitrogens with one attached hydrogen (secondary N) is 1. The first-order valence-electron chi connectivity index (χ1n) is 8.00. The van der Waals surface area contributed by atoms with Crippen LogP contribution in [0, 0.1) is 5.82 Å². The highest BCUT2D eigenvalue weighted by Gasteiger charge is 2.13. The molecule has 0 saturated heterocycles. The molecule has 0 atom stereocenters. The largest absolute Gasteiger partial charge is 0.489 e. The minimum Gasteiger partial charge on any atom is -0.489 e. The van der Waals surface area contributed by atoms with Crippen LogP contribution in [0.25, 0.3) is 10.9 Å². The molecule has 1 N–H and O–H groups in total. The van der Waals surface area contributed by atoms with E-state index in [1.807, 2.05) is 12.1 Å². The summed E-state index contributed by atoms with van der Waals surface area (Å²) in [5.74, 6) is 1.28. The SMILES string of the molecule is Fc1ccc(Nc2ncnc3cc(OCCBr)c(OCCBr)cc23)cc1Cl. The molecular formula is C18H15Br2ClFN3O2. The second-order valence-electron chi connectivity index (χ2n) is 5.37. The molecule has 0 aliphatic carbocycles. The van der Waals surface area contributed by atoms with Gasteiger partial charge in [0, 0.05) is 27.8 Å². The highest BCUT2D eigenvalue weighted by Crippen LogP contribution is 2.35. The Hall–Kier alpha value is -1.64. The number of fused-ring (bicyclic) bond motifs is 1. The molecule has 0 spiro atoms. The highest BCUT2D eigenvalue weighted by atomic mass is 79.9. The first kappa shape index (κ1) is 20.1. The molecule has 9 heteroatoms. The zero-order chi connectivity index (χ0) is 19.2. The van der Waals surface area contributed by atoms with E-state index in [-0.39, 0.29) is 5.02 Å². The monoisotopic (exact) mass is 517 g/mol. The third-order valence-electron chi connectivity index (χ3n) is 3.55. The maximum Gasteiger partial charge on any atom is 0.163 e. The lowest BCUT2D eigenvalue weighted by Gasteiger charge is -2.14. The average Bonchev–Trinajstić information content (AvgIpc) is 2.67. The van der Waals surface area contributed by atoms with Crippen LogP contribution in [0.1, 0.15) is 0 Å². The van der Waals surface area contributed by atoms with E-state index in [0.29, 0.717) is 52.4 Å². The van der Waals surface area contributed by atoms with Gasteiger partial charge in [0.2, 0.25) is 0 Å².